The Morgan fingerprint density at radius 2 is 0.750 bits per heavy atom. The predicted molar refractivity (Wildman–Crippen MR) is 249 cm³/mol. The van der Waals surface area contributed by atoms with Gasteiger partial charge in [-0.3, -0.25) is 0 Å². The second-order valence-corrected chi connectivity index (χ2v) is 21.3. The Balaban J connectivity index is 0.000000350. The topological polar surface area (TPSA) is 315 Å². The minimum atomic E-state index is -4.26. The summed E-state index contributed by atoms with van der Waals surface area (Å²) in [4.78, 5) is -2.13. The average Bonchev–Trinajstić information content (AvgIpc) is 3.25. The molecule has 0 amide bonds. The zero-order valence-corrected chi connectivity index (χ0v) is 44.3. The normalized spacial score (nSPS) is 12.2. The molecule has 6 aromatic rings. The van der Waals surface area contributed by atoms with Gasteiger partial charge >= 0.3 is 29.6 Å². The van der Waals surface area contributed by atoms with Gasteiger partial charge in [-0.05, 0) is 24.3 Å². The van der Waals surface area contributed by atoms with Gasteiger partial charge in [0.05, 0.1) is 19.8 Å². The second-order valence-electron chi connectivity index (χ2n) is 13.5. The van der Waals surface area contributed by atoms with Crippen LogP contribution in [0.25, 0.3) is 21.5 Å². The van der Waals surface area contributed by atoms with Crippen molar-refractivity contribution in [1.29, 1.82) is 0 Å². The smallest absolute Gasteiger partial charge is 0.506 e. The fourth-order valence-electron chi connectivity index (χ4n) is 6.10. The van der Waals surface area contributed by atoms with Crippen molar-refractivity contribution in [3.8, 4) is 23.0 Å². The molecule has 28 heteroatoms. The minimum Gasteiger partial charge on any atom is -0.506 e. The maximum Gasteiger partial charge on any atom is 1.00 e. The molecule has 361 valence electrons. The monoisotopic (exact) mass is 1110 g/mol. The van der Waals surface area contributed by atoms with Crippen molar-refractivity contribution in [2.75, 3.05) is 26.2 Å². The molecule has 0 saturated carbocycles. The van der Waals surface area contributed by atoms with E-state index in [-0.39, 0.29) is 105 Å². The number of halogens is 2. The van der Waals surface area contributed by atoms with Crippen molar-refractivity contribution < 1.29 is 100 Å². The summed E-state index contributed by atoms with van der Waals surface area (Å²) in [5, 5.41) is 60.0. The molecule has 0 fully saturated rings. The van der Waals surface area contributed by atoms with Crippen LogP contribution in [0.5, 0.6) is 23.0 Å². The molecule has 0 heterocycles. The number of benzene rings is 6. The Morgan fingerprint density at radius 3 is 1.06 bits per heavy atom. The zero-order chi connectivity index (χ0) is 48.8. The van der Waals surface area contributed by atoms with Crippen LogP contribution in [0, 0.1) is 0 Å². The molecule has 0 bridgehead atoms. The Hall–Kier alpha value is -4.03. The fourth-order valence-corrected chi connectivity index (χ4v) is 11.4. The third-order valence-electron chi connectivity index (χ3n) is 9.00. The van der Waals surface area contributed by atoms with E-state index in [4.69, 9.17) is 23.2 Å². The number of rotatable bonds is 16. The van der Waals surface area contributed by atoms with E-state index in [1.807, 2.05) is 0 Å². The van der Waals surface area contributed by atoms with Crippen LogP contribution in [-0.2, 0) is 56.9 Å². The standard InChI is InChI=1S/2C20H21ClN4O6S2.Co.Na/c2*1-3-22-32(28,29)12-9-17(26)19(18(10-12)33(30,31)23-4-2)25-24-16-11-15(21)13-7-5-6-8-14(13)20(16)27;;/h2*5-11,22-23,26-27H,3-4H2,1-2H3;;/q;;;+1. The quantitative estimate of drug-likeness (QED) is 0.0477. The minimum absolute atomic E-state index is 0. The molecule has 0 spiro atoms. The Bertz CT molecular complexity index is 3150. The van der Waals surface area contributed by atoms with Crippen LogP contribution in [0.15, 0.2) is 125 Å². The molecule has 0 aromatic heterocycles. The summed E-state index contributed by atoms with van der Waals surface area (Å²) in [7, 11) is -16.7. The molecule has 0 atom stereocenters. The van der Waals surface area contributed by atoms with Crippen LogP contribution < -0.4 is 48.4 Å². The largest absolute Gasteiger partial charge is 1.00 e. The summed E-state index contributed by atoms with van der Waals surface area (Å²) in [6, 6.07) is 19.7. The number of nitrogens with one attached hydrogen (secondary N) is 4. The number of sulfonamides is 4. The molecule has 0 aliphatic carbocycles. The molecule has 68 heavy (non-hydrogen) atoms. The summed E-state index contributed by atoms with van der Waals surface area (Å²) in [6.45, 7) is 6.30. The maximum absolute atomic E-state index is 12.7. The summed E-state index contributed by atoms with van der Waals surface area (Å²) in [5.41, 5.74) is -1.16. The summed E-state index contributed by atoms with van der Waals surface area (Å²) in [5.74, 6) is -1.97. The van der Waals surface area contributed by atoms with Gasteiger partial charge in [-0.25, -0.2) is 52.6 Å². The van der Waals surface area contributed by atoms with Crippen molar-refractivity contribution >= 4 is 108 Å². The van der Waals surface area contributed by atoms with Crippen LogP contribution in [0.2, 0.25) is 10.0 Å². The number of aromatic hydroxyl groups is 4. The van der Waals surface area contributed by atoms with E-state index in [9.17, 15) is 54.1 Å². The Morgan fingerprint density at radius 1 is 0.456 bits per heavy atom. The summed E-state index contributed by atoms with van der Waals surface area (Å²) >= 11 is 12.5. The number of hydrogen-bond donors (Lipinski definition) is 8. The fraction of sp³-hybridized carbons (Fsp3) is 0.200. The van der Waals surface area contributed by atoms with Gasteiger partial charge in [0, 0.05) is 76.6 Å². The van der Waals surface area contributed by atoms with Crippen molar-refractivity contribution in [2.24, 2.45) is 20.5 Å². The zero-order valence-electron chi connectivity index (χ0n) is 36.5. The Kier molecular flexibility index (Phi) is 20.7. The summed E-state index contributed by atoms with van der Waals surface area (Å²) in [6.07, 6.45) is 0. The van der Waals surface area contributed by atoms with Gasteiger partial charge in [0.2, 0.25) is 40.1 Å². The van der Waals surface area contributed by atoms with E-state index in [0.717, 1.165) is 24.3 Å². The predicted octanol–water partition coefficient (Wildman–Crippen LogP) is 4.83. The van der Waals surface area contributed by atoms with Gasteiger partial charge in [-0.15, -0.1) is 20.5 Å². The van der Waals surface area contributed by atoms with Crippen LogP contribution in [0.3, 0.4) is 0 Å². The first-order valence-corrected chi connectivity index (χ1v) is 26.1. The molecule has 1 radical (unpaired) electrons. The molecule has 6 aromatic carbocycles. The second kappa shape index (κ2) is 24.2. The summed E-state index contributed by atoms with van der Waals surface area (Å²) < 4.78 is 109. The van der Waals surface area contributed by atoms with Crippen LogP contribution in [0.4, 0.5) is 22.7 Å². The first-order chi connectivity index (χ1) is 31.0. The van der Waals surface area contributed by atoms with E-state index >= 15 is 0 Å². The van der Waals surface area contributed by atoms with Gasteiger partial charge in [-0.2, -0.15) is 0 Å². The third kappa shape index (κ3) is 13.2. The van der Waals surface area contributed by atoms with Crippen molar-refractivity contribution in [1.82, 2.24) is 18.9 Å². The van der Waals surface area contributed by atoms with E-state index in [2.05, 4.69) is 39.3 Å². The van der Waals surface area contributed by atoms with Crippen LogP contribution in [-0.4, -0.2) is 80.3 Å². The number of azo groups is 2. The molecule has 6 rings (SSSR count). The number of hydrogen-bond acceptors (Lipinski definition) is 16. The van der Waals surface area contributed by atoms with Crippen LogP contribution >= 0.6 is 23.2 Å². The van der Waals surface area contributed by atoms with Crippen LogP contribution in [0.1, 0.15) is 27.7 Å². The molecule has 0 aliphatic rings. The van der Waals surface area contributed by atoms with E-state index in [0.29, 0.717) is 21.5 Å². The van der Waals surface area contributed by atoms with Gasteiger partial charge < -0.3 is 20.4 Å². The molecule has 0 aliphatic heterocycles. The molecular formula is C40H42Cl2CoN8NaO12S4+. The molecule has 0 unspecified atom stereocenters. The number of nitrogens with zero attached hydrogens (tertiary/aromatic N) is 4. The Labute approximate surface area is 435 Å². The number of phenolic OH excluding ortho intramolecular Hbond substituents is 4. The number of fused-ring (bicyclic) bond motifs is 2. The van der Waals surface area contributed by atoms with E-state index in [1.54, 1.807) is 62.4 Å². The van der Waals surface area contributed by atoms with Gasteiger partial charge in [0.15, 0.2) is 11.5 Å². The van der Waals surface area contributed by atoms with Gasteiger partial charge in [0.1, 0.15) is 44.0 Å². The van der Waals surface area contributed by atoms with E-state index < -0.39 is 82.5 Å². The molecule has 20 nitrogen and oxygen atoms in total. The number of phenols is 4. The molecular weight excluding hydrogens is 1070 g/mol. The first kappa shape index (κ1) is 58.3. The molecule has 8 N–H and O–H groups in total. The van der Waals surface area contributed by atoms with Crippen molar-refractivity contribution in [2.45, 2.75) is 47.3 Å². The average molecular weight is 1110 g/mol. The van der Waals surface area contributed by atoms with Crippen molar-refractivity contribution in [3.05, 3.63) is 95.0 Å². The van der Waals surface area contributed by atoms with Crippen molar-refractivity contribution in [3.63, 3.8) is 0 Å². The third-order valence-corrected chi connectivity index (χ3v) is 15.8. The first-order valence-electron chi connectivity index (χ1n) is 19.4. The molecule has 0 saturated heterocycles. The van der Waals surface area contributed by atoms with Gasteiger partial charge in [-0.1, -0.05) is 99.4 Å². The van der Waals surface area contributed by atoms with Gasteiger partial charge in [0.25, 0.3) is 0 Å². The van der Waals surface area contributed by atoms with E-state index in [1.165, 1.54) is 26.0 Å². The SMILES string of the molecule is CCNS(=O)(=O)c1cc(O)c(N=Nc2cc(Cl)c3ccccc3c2O)c(S(=O)(=O)NCC)c1.CCNS(=O)(=O)c1cc(O)c(N=Nc2cc(Cl)c3ccccc3c2O)c(S(=O)(=O)NCC)c1.[Co].[Na+]. The maximum atomic E-state index is 12.7.